The molecule has 0 unspecified atom stereocenters. The molecule has 0 amide bonds. The van der Waals surface area contributed by atoms with Gasteiger partial charge in [0.1, 0.15) is 0 Å². The van der Waals surface area contributed by atoms with Crippen molar-refractivity contribution in [3.63, 3.8) is 0 Å². The summed E-state index contributed by atoms with van der Waals surface area (Å²) in [6.07, 6.45) is 0.986. The smallest absolute Gasteiger partial charge is 0.273 e. The fourth-order valence-electron chi connectivity index (χ4n) is 0.545. The Labute approximate surface area is 58.5 Å². The third-order valence-corrected chi connectivity index (χ3v) is 1.92. The Morgan fingerprint density at radius 1 is 1.78 bits per heavy atom. The second-order valence-electron chi connectivity index (χ2n) is 1.66. The van der Waals surface area contributed by atoms with Gasteiger partial charge in [-0.1, -0.05) is 18.3 Å². The van der Waals surface area contributed by atoms with Gasteiger partial charge in [0, 0.05) is 5.38 Å². The van der Waals surface area contributed by atoms with Crippen LogP contribution in [0, 0.1) is 0 Å². The molecule has 0 aliphatic carbocycles. The second-order valence-corrected chi connectivity index (χ2v) is 2.48. The summed E-state index contributed by atoms with van der Waals surface area (Å²) in [6, 6.07) is 0. The molecule has 0 spiro atoms. The normalized spacial score (nSPS) is 9.56. The van der Waals surface area contributed by atoms with E-state index in [0.717, 1.165) is 17.3 Å². The van der Waals surface area contributed by atoms with Gasteiger partial charge in [0.05, 0.1) is 12.8 Å². The van der Waals surface area contributed by atoms with E-state index in [1.807, 2.05) is 5.38 Å². The molecular formula is C6H9NOS. The largest absolute Gasteiger partial charge is 0.473 e. The molecule has 50 valence electrons. The standard InChI is InChI=1S/C6H9NOS/c1-3-5-4-9-6(7-5)8-2/h4H,3H2,1-2H3. The zero-order chi connectivity index (χ0) is 6.69. The van der Waals surface area contributed by atoms with Gasteiger partial charge in [-0.25, -0.2) is 4.98 Å². The molecule has 0 saturated carbocycles. The van der Waals surface area contributed by atoms with Crippen LogP contribution in [0.25, 0.3) is 0 Å². The molecular weight excluding hydrogens is 134 g/mol. The first-order valence-electron chi connectivity index (χ1n) is 2.85. The molecule has 9 heavy (non-hydrogen) atoms. The van der Waals surface area contributed by atoms with E-state index in [1.54, 1.807) is 18.4 Å². The Hall–Kier alpha value is -0.570. The maximum absolute atomic E-state index is 4.90. The monoisotopic (exact) mass is 143 g/mol. The van der Waals surface area contributed by atoms with E-state index < -0.39 is 0 Å². The van der Waals surface area contributed by atoms with E-state index in [1.165, 1.54) is 0 Å². The molecule has 2 nitrogen and oxygen atoms in total. The van der Waals surface area contributed by atoms with Crippen molar-refractivity contribution in [1.82, 2.24) is 4.98 Å². The highest BCUT2D eigenvalue weighted by molar-refractivity contribution is 7.11. The minimum atomic E-state index is 0.756. The molecule has 0 aliphatic heterocycles. The highest BCUT2D eigenvalue weighted by Crippen LogP contribution is 2.16. The summed E-state index contributed by atoms with van der Waals surface area (Å²) in [7, 11) is 1.64. The first kappa shape index (κ1) is 6.55. The van der Waals surface area contributed by atoms with Gasteiger partial charge in [-0.2, -0.15) is 0 Å². The Kier molecular flexibility index (Phi) is 2.05. The van der Waals surface area contributed by atoms with E-state index in [0.29, 0.717) is 0 Å². The summed E-state index contributed by atoms with van der Waals surface area (Å²) in [5, 5.41) is 2.77. The highest BCUT2D eigenvalue weighted by Gasteiger charge is 1.96. The van der Waals surface area contributed by atoms with Crippen LogP contribution in [0.5, 0.6) is 5.19 Å². The molecule has 0 saturated heterocycles. The summed E-state index contributed by atoms with van der Waals surface area (Å²) in [5.41, 5.74) is 1.11. The maximum Gasteiger partial charge on any atom is 0.273 e. The van der Waals surface area contributed by atoms with Crippen molar-refractivity contribution in [1.29, 1.82) is 0 Å². The van der Waals surface area contributed by atoms with Crippen LogP contribution >= 0.6 is 11.3 Å². The van der Waals surface area contributed by atoms with Gasteiger partial charge in [-0.05, 0) is 6.42 Å². The molecule has 0 aromatic carbocycles. The minimum Gasteiger partial charge on any atom is -0.473 e. The zero-order valence-electron chi connectivity index (χ0n) is 5.55. The molecule has 1 rings (SSSR count). The van der Waals surface area contributed by atoms with E-state index in [2.05, 4.69) is 11.9 Å². The van der Waals surface area contributed by atoms with Gasteiger partial charge >= 0.3 is 0 Å². The molecule has 0 bridgehead atoms. The average molecular weight is 143 g/mol. The number of thiazole rings is 1. The van der Waals surface area contributed by atoms with Gasteiger partial charge in [-0.15, -0.1) is 0 Å². The lowest BCUT2D eigenvalue weighted by molar-refractivity contribution is 0.411. The van der Waals surface area contributed by atoms with Crippen LogP contribution in [0.3, 0.4) is 0 Å². The molecule has 0 aliphatic rings. The third kappa shape index (κ3) is 1.42. The zero-order valence-corrected chi connectivity index (χ0v) is 6.36. The summed E-state index contributed by atoms with van der Waals surface area (Å²) >= 11 is 1.54. The number of aromatic nitrogens is 1. The summed E-state index contributed by atoms with van der Waals surface area (Å²) < 4.78 is 4.90. The van der Waals surface area contributed by atoms with Gasteiger partial charge in [0.25, 0.3) is 5.19 Å². The predicted molar refractivity (Wildman–Crippen MR) is 38.0 cm³/mol. The van der Waals surface area contributed by atoms with Crippen molar-refractivity contribution in [3.05, 3.63) is 11.1 Å². The number of ether oxygens (including phenoxy) is 1. The van der Waals surface area contributed by atoms with Crippen LogP contribution in [0.2, 0.25) is 0 Å². The molecule has 0 N–H and O–H groups in total. The number of aryl methyl sites for hydroxylation is 1. The van der Waals surface area contributed by atoms with E-state index in [9.17, 15) is 0 Å². The number of hydrogen-bond donors (Lipinski definition) is 0. The van der Waals surface area contributed by atoms with Crippen molar-refractivity contribution >= 4 is 11.3 Å². The highest BCUT2D eigenvalue weighted by atomic mass is 32.1. The summed E-state index contributed by atoms with van der Waals surface area (Å²) in [5.74, 6) is 0. The minimum absolute atomic E-state index is 0.756. The van der Waals surface area contributed by atoms with Crippen molar-refractivity contribution in [2.75, 3.05) is 7.11 Å². The third-order valence-electron chi connectivity index (χ3n) is 1.07. The first-order valence-corrected chi connectivity index (χ1v) is 3.73. The van der Waals surface area contributed by atoms with Gasteiger partial charge in [-0.3, -0.25) is 0 Å². The SMILES string of the molecule is CCc1csc(OC)n1. The first-order chi connectivity index (χ1) is 4.36. The molecule has 3 heteroatoms. The van der Waals surface area contributed by atoms with E-state index >= 15 is 0 Å². The Balaban J connectivity index is 2.74. The number of hydrogen-bond acceptors (Lipinski definition) is 3. The molecule has 0 radical (unpaired) electrons. The van der Waals surface area contributed by atoms with Crippen LogP contribution in [0.4, 0.5) is 0 Å². The van der Waals surface area contributed by atoms with Crippen molar-refractivity contribution in [3.8, 4) is 5.19 Å². The van der Waals surface area contributed by atoms with E-state index in [4.69, 9.17) is 4.74 Å². The van der Waals surface area contributed by atoms with Gasteiger partial charge in [0.15, 0.2) is 0 Å². The molecule has 1 heterocycles. The van der Waals surface area contributed by atoms with Crippen molar-refractivity contribution < 1.29 is 4.74 Å². The number of methoxy groups -OCH3 is 1. The van der Waals surface area contributed by atoms with Gasteiger partial charge in [0.2, 0.25) is 0 Å². The van der Waals surface area contributed by atoms with Crippen LogP contribution in [-0.2, 0) is 6.42 Å². The Bertz CT molecular complexity index is 166. The molecule has 0 fully saturated rings. The fraction of sp³-hybridized carbons (Fsp3) is 0.500. The van der Waals surface area contributed by atoms with Crippen LogP contribution in [0.1, 0.15) is 12.6 Å². The van der Waals surface area contributed by atoms with Crippen molar-refractivity contribution in [2.45, 2.75) is 13.3 Å². The number of rotatable bonds is 2. The molecule has 1 aromatic heterocycles. The fourth-order valence-corrected chi connectivity index (χ4v) is 1.27. The topological polar surface area (TPSA) is 22.1 Å². The Morgan fingerprint density at radius 2 is 2.56 bits per heavy atom. The quantitative estimate of drug-likeness (QED) is 0.628. The lowest BCUT2D eigenvalue weighted by atomic mass is 10.4. The Morgan fingerprint density at radius 3 is 2.89 bits per heavy atom. The number of nitrogens with zero attached hydrogens (tertiary/aromatic N) is 1. The molecule has 1 aromatic rings. The lowest BCUT2D eigenvalue weighted by Crippen LogP contribution is -1.82. The van der Waals surface area contributed by atoms with Crippen LogP contribution in [-0.4, -0.2) is 12.1 Å². The second kappa shape index (κ2) is 2.82. The van der Waals surface area contributed by atoms with Crippen molar-refractivity contribution in [2.24, 2.45) is 0 Å². The maximum atomic E-state index is 4.90. The summed E-state index contributed by atoms with van der Waals surface area (Å²) in [6.45, 7) is 2.08. The van der Waals surface area contributed by atoms with Crippen LogP contribution < -0.4 is 4.74 Å². The predicted octanol–water partition coefficient (Wildman–Crippen LogP) is 1.71. The van der Waals surface area contributed by atoms with E-state index in [-0.39, 0.29) is 0 Å². The molecule has 0 atom stereocenters. The average Bonchev–Trinajstić information content (AvgIpc) is 2.34. The summed E-state index contributed by atoms with van der Waals surface area (Å²) in [4.78, 5) is 4.14. The lowest BCUT2D eigenvalue weighted by Gasteiger charge is -1.86. The van der Waals surface area contributed by atoms with Crippen LogP contribution in [0.15, 0.2) is 5.38 Å². The van der Waals surface area contributed by atoms with Gasteiger partial charge < -0.3 is 4.74 Å².